The number of hydrogen-bond acceptors (Lipinski definition) is 0. The van der Waals surface area contributed by atoms with Crippen LogP contribution in [0.5, 0.6) is 0 Å². The van der Waals surface area contributed by atoms with E-state index in [1.165, 1.54) is 22.8 Å². The zero-order chi connectivity index (χ0) is 6.53. The van der Waals surface area contributed by atoms with Crippen molar-refractivity contribution in [3.63, 3.8) is 0 Å². The molecule has 0 atom stereocenters. The summed E-state index contributed by atoms with van der Waals surface area (Å²) in [5, 5.41) is 0. The first kappa shape index (κ1) is 7.32. The fourth-order valence-electron chi connectivity index (χ4n) is 0.901. The Balaban J connectivity index is 2.44. The second-order valence-corrected chi connectivity index (χ2v) is 3.64. The molecular formula is C8H11I. The first-order valence-corrected chi connectivity index (χ1v) is 4.47. The van der Waals surface area contributed by atoms with Crippen molar-refractivity contribution in [3.8, 4) is 0 Å². The lowest BCUT2D eigenvalue weighted by Crippen LogP contribution is -1.77. The van der Waals surface area contributed by atoms with Crippen LogP contribution in [-0.4, -0.2) is 0 Å². The number of hydrogen-bond donors (Lipinski definition) is 0. The van der Waals surface area contributed by atoms with Gasteiger partial charge in [-0.2, -0.15) is 0 Å². The van der Waals surface area contributed by atoms with Gasteiger partial charge in [-0.25, -0.2) is 0 Å². The monoisotopic (exact) mass is 234 g/mol. The van der Waals surface area contributed by atoms with Crippen molar-refractivity contribution in [2.45, 2.75) is 25.7 Å². The Morgan fingerprint density at radius 2 is 2.22 bits per heavy atom. The van der Waals surface area contributed by atoms with Crippen molar-refractivity contribution in [3.05, 3.63) is 21.8 Å². The smallest absolute Gasteiger partial charge is 0.0131 e. The van der Waals surface area contributed by atoms with Gasteiger partial charge in [-0.05, 0) is 51.9 Å². The molecular weight excluding hydrogens is 223 g/mol. The molecule has 1 aliphatic carbocycles. The summed E-state index contributed by atoms with van der Waals surface area (Å²) in [6.45, 7) is 0. The van der Waals surface area contributed by atoms with Crippen LogP contribution in [0.3, 0.4) is 0 Å². The molecule has 0 radical (unpaired) electrons. The van der Waals surface area contributed by atoms with Crippen molar-refractivity contribution in [2.24, 2.45) is 0 Å². The van der Waals surface area contributed by atoms with Crippen molar-refractivity contribution in [1.29, 1.82) is 0 Å². The minimum atomic E-state index is 1.14. The molecule has 0 bridgehead atoms. The average Bonchev–Trinajstić information content (AvgIpc) is 1.79. The summed E-state index contributed by atoms with van der Waals surface area (Å²) in [5.41, 5.74) is 0. The van der Waals surface area contributed by atoms with Gasteiger partial charge >= 0.3 is 0 Å². The molecule has 50 valence electrons. The molecule has 0 heterocycles. The highest BCUT2D eigenvalue weighted by Gasteiger charge is 1.92. The fourth-order valence-corrected chi connectivity index (χ4v) is 1.54. The molecule has 0 aliphatic heterocycles. The maximum absolute atomic E-state index is 2.43. The predicted molar refractivity (Wildman–Crippen MR) is 49.7 cm³/mol. The fraction of sp³-hybridized carbons (Fsp3) is 0.500. The van der Waals surface area contributed by atoms with Crippen molar-refractivity contribution < 1.29 is 0 Å². The zero-order valence-corrected chi connectivity index (χ0v) is 7.60. The predicted octanol–water partition coefficient (Wildman–Crippen LogP) is 3.44. The van der Waals surface area contributed by atoms with Gasteiger partial charge in [-0.1, -0.05) is 18.2 Å². The van der Waals surface area contributed by atoms with Gasteiger partial charge in [0.25, 0.3) is 0 Å². The topological polar surface area (TPSA) is 0 Å². The Bertz CT molecular complexity index is 134. The number of rotatable bonds is 0. The van der Waals surface area contributed by atoms with Crippen molar-refractivity contribution in [2.75, 3.05) is 0 Å². The molecule has 0 unspecified atom stereocenters. The Labute approximate surface area is 70.2 Å². The van der Waals surface area contributed by atoms with Crippen LogP contribution in [0.25, 0.3) is 0 Å². The largest absolute Gasteiger partial charge is 0.0882 e. The quantitative estimate of drug-likeness (QED) is 0.445. The van der Waals surface area contributed by atoms with E-state index in [1.807, 2.05) is 0 Å². The van der Waals surface area contributed by atoms with Crippen LogP contribution in [0.2, 0.25) is 0 Å². The first-order chi connectivity index (χ1) is 4.39. The zero-order valence-electron chi connectivity index (χ0n) is 5.44. The molecule has 0 aromatic heterocycles. The molecule has 0 aromatic carbocycles. The van der Waals surface area contributed by atoms with Crippen LogP contribution in [-0.2, 0) is 0 Å². The highest BCUT2D eigenvalue weighted by molar-refractivity contribution is 14.1. The Morgan fingerprint density at radius 1 is 1.33 bits per heavy atom. The van der Waals surface area contributed by atoms with Crippen molar-refractivity contribution in [1.82, 2.24) is 0 Å². The lowest BCUT2D eigenvalue weighted by molar-refractivity contribution is 0.853. The van der Waals surface area contributed by atoms with Crippen LogP contribution in [0.15, 0.2) is 21.8 Å². The standard InChI is InChI=1S/C8H11I/c9-8-6-4-2-1-3-5-7-8/h1-2,6H,3-5,7H2/b2-1-,8-6+. The van der Waals surface area contributed by atoms with E-state index in [9.17, 15) is 0 Å². The lowest BCUT2D eigenvalue weighted by Gasteiger charge is -1.99. The van der Waals surface area contributed by atoms with Gasteiger partial charge in [-0.15, -0.1) is 0 Å². The molecule has 0 nitrogen and oxygen atoms in total. The van der Waals surface area contributed by atoms with Gasteiger partial charge in [0.15, 0.2) is 0 Å². The van der Waals surface area contributed by atoms with Gasteiger partial charge in [0, 0.05) is 0 Å². The summed E-state index contributed by atoms with van der Waals surface area (Å²) in [6, 6.07) is 0. The second-order valence-electron chi connectivity index (χ2n) is 2.25. The maximum atomic E-state index is 2.43. The number of halogens is 1. The van der Waals surface area contributed by atoms with Crippen LogP contribution < -0.4 is 0 Å². The third kappa shape index (κ3) is 3.04. The van der Waals surface area contributed by atoms with Crippen LogP contribution in [0.4, 0.5) is 0 Å². The van der Waals surface area contributed by atoms with Crippen LogP contribution in [0.1, 0.15) is 25.7 Å². The molecule has 0 saturated heterocycles. The highest BCUT2D eigenvalue weighted by atomic mass is 127. The molecule has 0 fully saturated rings. The summed E-state index contributed by atoms with van der Waals surface area (Å²) in [7, 11) is 0. The Hall–Kier alpha value is 0.210. The van der Waals surface area contributed by atoms with E-state index in [-0.39, 0.29) is 0 Å². The third-order valence-corrected chi connectivity index (χ3v) is 2.41. The number of allylic oxidation sites excluding steroid dienone is 4. The molecule has 0 N–H and O–H groups in total. The van der Waals surface area contributed by atoms with E-state index >= 15 is 0 Å². The molecule has 0 amide bonds. The maximum Gasteiger partial charge on any atom is -0.0131 e. The summed E-state index contributed by atoms with van der Waals surface area (Å²) < 4.78 is 1.52. The van der Waals surface area contributed by atoms with E-state index in [0.29, 0.717) is 0 Å². The van der Waals surface area contributed by atoms with Gasteiger partial charge in [0.2, 0.25) is 0 Å². The van der Waals surface area contributed by atoms with E-state index in [0.717, 1.165) is 6.42 Å². The molecule has 1 heteroatoms. The average molecular weight is 234 g/mol. The van der Waals surface area contributed by atoms with Gasteiger partial charge < -0.3 is 0 Å². The summed E-state index contributed by atoms with van der Waals surface area (Å²) in [6.07, 6.45) is 11.8. The molecule has 1 rings (SSSR count). The second kappa shape index (κ2) is 4.09. The summed E-state index contributed by atoms with van der Waals surface area (Å²) in [4.78, 5) is 0. The normalized spacial score (nSPS) is 29.7. The van der Waals surface area contributed by atoms with Crippen LogP contribution >= 0.6 is 22.6 Å². The highest BCUT2D eigenvalue weighted by Crippen LogP contribution is 2.17. The molecule has 0 aromatic rings. The molecule has 1 aliphatic rings. The van der Waals surface area contributed by atoms with Crippen molar-refractivity contribution >= 4 is 22.6 Å². The third-order valence-electron chi connectivity index (χ3n) is 1.43. The molecule has 0 saturated carbocycles. The minimum absolute atomic E-state index is 1.14. The summed E-state index contributed by atoms with van der Waals surface area (Å²) >= 11 is 2.43. The lowest BCUT2D eigenvalue weighted by atomic mass is 10.1. The Morgan fingerprint density at radius 3 is 3.11 bits per heavy atom. The van der Waals surface area contributed by atoms with E-state index in [1.54, 1.807) is 0 Å². The van der Waals surface area contributed by atoms with Gasteiger partial charge in [-0.3, -0.25) is 0 Å². The van der Waals surface area contributed by atoms with Gasteiger partial charge in [0.1, 0.15) is 0 Å². The summed E-state index contributed by atoms with van der Waals surface area (Å²) in [5.74, 6) is 0. The molecule has 9 heavy (non-hydrogen) atoms. The van der Waals surface area contributed by atoms with E-state index in [2.05, 4.69) is 40.8 Å². The first-order valence-electron chi connectivity index (χ1n) is 3.39. The Kier molecular flexibility index (Phi) is 3.33. The minimum Gasteiger partial charge on any atom is -0.0882 e. The van der Waals surface area contributed by atoms with Gasteiger partial charge in [0.05, 0.1) is 0 Å². The van der Waals surface area contributed by atoms with E-state index in [4.69, 9.17) is 0 Å². The van der Waals surface area contributed by atoms with E-state index < -0.39 is 0 Å². The van der Waals surface area contributed by atoms with Crippen LogP contribution in [0, 0.1) is 0 Å². The molecule has 0 spiro atoms. The SMILES string of the molecule is I/C1=C/C/C=C\CCC1.